The van der Waals surface area contributed by atoms with Gasteiger partial charge < -0.3 is 10.0 Å². The number of rotatable bonds is 3. The van der Waals surface area contributed by atoms with Gasteiger partial charge >= 0.3 is 5.97 Å². The second-order valence-electron chi connectivity index (χ2n) is 4.45. The van der Waals surface area contributed by atoms with Gasteiger partial charge in [-0.3, -0.25) is 4.79 Å². The van der Waals surface area contributed by atoms with Crippen molar-refractivity contribution in [3.05, 3.63) is 12.2 Å². The fourth-order valence-electron chi connectivity index (χ4n) is 2.64. The van der Waals surface area contributed by atoms with E-state index in [2.05, 4.69) is 4.90 Å². The molecule has 0 aliphatic carbocycles. The average molecular weight is 209 g/mol. The van der Waals surface area contributed by atoms with E-state index in [1.54, 1.807) is 0 Å². The highest BCUT2D eigenvalue weighted by atomic mass is 16.4. The van der Waals surface area contributed by atoms with Crippen molar-refractivity contribution in [2.24, 2.45) is 5.41 Å². The van der Waals surface area contributed by atoms with Crippen LogP contribution < -0.4 is 0 Å². The van der Waals surface area contributed by atoms with E-state index in [4.69, 9.17) is 5.11 Å². The van der Waals surface area contributed by atoms with Crippen LogP contribution in [0.4, 0.5) is 0 Å². The molecule has 4 nitrogen and oxygen atoms in total. The molecule has 2 fully saturated rings. The molecule has 2 aliphatic rings. The Kier molecular flexibility index (Phi) is 2.61. The van der Waals surface area contributed by atoms with Crippen molar-refractivity contribution in [2.45, 2.75) is 19.3 Å². The quantitative estimate of drug-likeness (QED) is 0.694. The number of carbonyl (C=O) groups excluding carboxylic acids is 1. The van der Waals surface area contributed by atoms with Crippen molar-refractivity contribution in [2.75, 3.05) is 19.6 Å². The third kappa shape index (κ3) is 1.95. The molecule has 0 aromatic rings. The van der Waals surface area contributed by atoms with E-state index in [1.165, 1.54) is 6.08 Å². The SMILES string of the molecule is O=C(O)C=CC(=O)C12CCCN(CC1)C2. The Labute approximate surface area is 88.6 Å². The van der Waals surface area contributed by atoms with Gasteiger partial charge in [-0.05, 0) is 38.4 Å². The normalized spacial score (nSPS) is 34.5. The van der Waals surface area contributed by atoms with Crippen LogP contribution in [0.5, 0.6) is 0 Å². The molecule has 2 rings (SSSR count). The molecule has 2 bridgehead atoms. The zero-order chi connectivity index (χ0) is 10.9. The van der Waals surface area contributed by atoms with Crippen LogP contribution in [-0.2, 0) is 9.59 Å². The lowest BCUT2D eigenvalue weighted by Gasteiger charge is -2.31. The summed E-state index contributed by atoms with van der Waals surface area (Å²) in [5.41, 5.74) is -0.274. The minimum Gasteiger partial charge on any atom is -0.478 e. The summed E-state index contributed by atoms with van der Waals surface area (Å²) in [5, 5.41) is 8.48. The highest BCUT2D eigenvalue weighted by molar-refractivity contribution is 5.99. The van der Waals surface area contributed by atoms with Crippen LogP contribution in [0.25, 0.3) is 0 Å². The molecule has 0 radical (unpaired) electrons. The Morgan fingerprint density at radius 3 is 2.73 bits per heavy atom. The molecule has 0 aromatic heterocycles. The first kappa shape index (κ1) is 10.4. The summed E-state index contributed by atoms with van der Waals surface area (Å²) >= 11 is 0. The average Bonchev–Trinajstić information content (AvgIpc) is 2.52. The van der Waals surface area contributed by atoms with Gasteiger partial charge in [0.1, 0.15) is 0 Å². The minimum absolute atomic E-state index is 0.00731. The summed E-state index contributed by atoms with van der Waals surface area (Å²) in [7, 11) is 0. The van der Waals surface area contributed by atoms with Gasteiger partial charge in [0.05, 0.1) is 0 Å². The molecule has 82 valence electrons. The van der Waals surface area contributed by atoms with Crippen molar-refractivity contribution in [3.63, 3.8) is 0 Å². The fraction of sp³-hybridized carbons (Fsp3) is 0.636. The van der Waals surface area contributed by atoms with Gasteiger partial charge in [-0.2, -0.15) is 0 Å². The van der Waals surface area contributed by atoms with Gasteiger partial charge in [0.25, 0.3) is 0 Å². The van der Waals surface area contributed by atoms with Crippen molar-refractivity contribution in [1.29, 1.82) is 0 Å². The summed E-state index contributed by atoms with van der Waals surface area (Å²) in [6.07, 6.45) is 5.03. The lowest BCUT2D eigenvalue weighted by molar-refractivity contribution is -0.132. The van der Waals surface area contributed by atoms with Crippen LogP contribution >= 0.6 is 0 Å². The standard InChI is InChI=1S/C11H15NO3/c13-9(2-3-10(14)15)11-4-1-6-12(8-11)7-5-11/h2-3H,1,4-8H2,(H,14,15). The Bertz CT molecular complexity index is 320. The third-order valence-electron chi connectivity index (χ3n) is 3.46. The summed E-state index contributed by atoms with van der Waals surface area (Å²) in [4.78, 5) is 24.5. The van der Waals surface area contributed by atoms with E-state index in [1.807, 2.05) is 0 Å². The van der Waals surface area contributed by atoms with E-state index in [9.17, 15) is 9.59 Å². The molecule has 0 saturated carbocycles. The molecule has 2 atom stereocenters. The van der Waals surface area contributed by atoms with Crippen LogP contribution in [0, 0.1) is 5.41 Å². The van der Waals surface area contributed by atoms with Crippen LogP contribution in [0.15, 0.2) is 12.2 Å². The van der Waals surface area contributed by atoms with E-state index in [0.29, 0.717) is 0 Å². The molecular weight excluding hydrogens is 194 g/mol. The second-order valence-corrected chi connectivity index (χ2v) is 4.45. The zero-order valence-electron chi connectivity index (χ0n) is 8.61. The number of aliphatic carboxylic acids is 1. The van der Waals surface area contributed by atoms with Crippen LogP contribution in [0.3, 0.4) is 0 Å². The van der Waals surface area contributed by atoms with E-state index < -0.39 is 5.97 Å². The van der Waals surface area contributed by atoms with Gasteiger partial charge in [-0.25, -0.2) is 4.79 Å². The third-order valence-corrected chi connectivity index (χ3v) is 3.46. The highest BCUT2D eigenvalue weighted by Crippen LogP contribution is 2.40. The second kappa shape index (κ2) is 3.77. The van der Waals surface area contributed by atoms with Crippen LogP contribution in [-0.4, -0.2) is 41.4 Å². The van der Waals surface area contributed by atoms with E-state index in [0.717, 1.165) is 45.0 Å². The highest BCUT2D eigenvalue weighted by Gasteiger charge is 2.45. The van der Waals surface area contributed by atoms with Gasteiger partial charge in [-0.1, -0.05) is 0 Å². The zero-order valence-corrected chi connectivity index (χ0v) is 8.61. The number of allylic oxidation sites excluding steroid dienone is 1. The van der Waals surface area contributed by atoms with Crippen molar-refractivity contribution >= 4 is 11.8 Å². The van der Waals surface area contributed by atoms with Crippen molar-refractivity contribution < 1.29 is 14.7 Å². The first-order valence-corrected chi connectivity index (χ1v) is 5.30. The molecule has 2 aliphatic heterocycles. The number of piperidine rings is 1. The molecule has 0 aromatic carbocycles. The minimum atomic E-state index is -1.05. The van der Waals surface area contributed by atoms with Crippen LogP contribution in [0.1, 0.15) is 19.3 Å². The Morgan fingerprint density at radius 1 is 1.20 bits per heavy atom. The summed E-state index contributed by atoms with van der Waals surface area (Å²) in [6.45, 7) is 2.88. The number of carbonyl (C=O) groups is 2. The number of carboxylic acids is 1. The molecule has 2 saturated heterocycles. The predicted molar refractivity (Wildman–Crippen MR) is 54.5 cm³/mol. The maximum absolute atomic E-state index is 11.9. The molecule has 1 N–H and O–H groups in total. The molecule has 2 unspecified atom stereocenters. The molecule has 15 heavy (non-hydrogen) atoms. The largest absolute Gasteiger partial charge is 0.478 e. The monoisotopic (exact) mass is 209 g/mol. The summed E-state index contributed by atoms with van der Waals surface area (Å²) < 4.78 is 0. The van der Waals surface area contributed by atoms with Crippen molar-refractivity contribution in [1.82, 2.24) is 4.90 Å². The Balaban J connectivity index is 2.09. The van der Waals surface area contributed by atoms with Gasteiger partial charge in [-0.15, -0.1) is 0 Å². The van der Waals surface area contributed by atoms with E-state index >= 15 is 0 Å². The molecular formula is C11H15NO3. The first-order chi connectivity index (χ1) is 7.12. The van der Waals surface area contributed by atoms with E-state index in [-0.39, 0.29) is 11.2 Å². The number of nitrogens with zero attached hydrogens (tertiary/aromatic N) is 1. The number of carboxylic acid groups (broad SMARTS) is 1. The van der Waals surface area contributed by atoms with Gasteiger partial charge in [0, 0.05) is 18.0 Å². The number of fused-ring (bicyclic) bond motifs is 2. The lowest BCUT2D eigenvalue weighted by atomic mass is 9.77. The molecule has 0 amide bonds. The summed E-state index contributed by atoms with van der Waals surface area (Å²) in [5.74, 6) is -1.06. The fourth-order valence-corrected chi connectivity index (χ4v) is 2.64. The maximum Gasteiger partial charge on any atom is 0.328 e. The van der Waals surface area contributed by atoms with Gasteiger partial charge in [0.2, 0.25) is 0 Å². The molecule has 2 heterocycles. The molecule has 0 spiro atoms. The van der Waals surface area contributed by atoms with Crippen LogP contribution in [0.2, 0.25) is 0 Å². The topological polar surface area (TPSA) is 57.6 Å². The Morgan fingerprint density at radius 2 is 2.00 bits per heavy atom. The number of hydrogen-bond donors (Lipinski definition) is 1. The Hall–Kier alpha value is -1.16. The van der Waals surface area contributed by atoms with Crippen molar-refractivity contribution in [3.8, 4) is 0 Å². The smallest absolute Gasteiger partial charge is 0.328 e. The first-order valence-electron chi connectivity index (χ1n) is 5.30. The number of hydrogen-bond acceptors (Lipinski definition) is 3. The predicted octanol–water partition coefficient (Wildman–Crippen LogP) is 0.682. The lowest BCUT2D eigenvalue weighted by Crippen LogP contribution is -2.38. The molecule has 4 heteroatoms. The summed E-state index contributed by atoms with van der Waals surface area (Å²) in [6, 6.07) is 0. The van der Waals surface area contributed by atoms with Gasteiger partial charge in [0.15, 0.2) is 5.78 Å². The number of ketones is 1. The maximum atomic E-state index is 11.9.